The molecule has 1 heterocycles. The lowest BCUT2D eigenvalue weighted by atomic mass is 10.1. The van der Waals surface area contributed by atoms with Gasteiger partial charge in [0.05, 0.1) is 13.2 Å². The van der Waals surface area contributed by atoms with E-state index in [1.165, 1.54) is 0 Å². The summed E-state index contributed by atoms with van der Waals surface area (Å²) in [4.78, 5) is 22.6. The summed E-state index contributed by atoms with van der Waals surface area (Å²) in [6.45, 7) is 0.538. The maximum Gasteiger partial charge on any atom is 0.243 e. The molecule has 0 aliphatic carbocycles. The van der Waals surface area contributed by atoms with E-state index in [9.17, 15) is 9.59 Å². The van der Waals surface area contributed by atoms with Gasteiger partial charge in [-0.05, 0) is 12.5 Å². The van der Waals surface area contributed by atoms with E-state index in [0.717, 1.165) is 11.3 Å². The van der Waals surface area contributed by atoms with Crippen molar-refractivity contribution in [3.05, 3.63) is 29.8 Å². The average molecular weight is 248 g/mol. The van der Waals surface area contributed by atoms with Crippen molar-refractivity contribution < 1.29 is 14.3 Å². The average Bonchev–Trinajstić information content (AvgIpc) is 2.38. The topological polar surface area (TPSA) is 67.4 Å². The normalized spacial score (nSPS) is 19.5. The van der Waals surface area contributed by atoms with Crippen LogP contribution in [-0.2, 0) is 16.1 Å². The van der Waals surface area contributed by atoms with Gasteiger partial charge < -0.3 is 10.1 Å². The fourth-order valence-corrected chi connectivity index (χ4v) is 1.97. The number of piperidine rings is 1. The first kappa shape index (κ1) is 12.6. The van der Waals surface area contributed by atoms with Gasteiger partial charge in [-0.25, -0.2) is 0 Å². The Labute approximate surface area is 106 Å². The second kappa shape index (κ2) is 5.64. The van der Waals surface area contributed by atoms with E-state index in [0.29, 0.717) is 19.4 Å². The number of hydrogen-bond donors (Lipinski definition) is 2. The van der Waals surface area contributed by atoms with Gasteiger partial charge in [-0.2, -0.15) is 0 Å². The Morgan fingerprint density at radius 2 is 2.17 bits per heavy atom. The minimum atomic E-state index is -0.312. The quantitative estimate of drug-likeness (QED) is 0.765. The fraction of sp³-hybridized carbons (Fsp3) is 0.385. The number of benzene rings is 1. The van der Waals surface area contributed by atoms with Crippen LogP contribution in [0, 0.1) is 0 Å². The molecule has 1 fully saturated rings. The molecule has 2 N–H and O–H groups in total. The summed E-state index contributed by atoms with van der Waals surface area (Å²) in [5.41, 5.74) is 0.990. The fourth-order valence-electron chi connectivity index (χ4n) is 1.97. The van der Waals surface area contributed by atoms with Crippen molar-refractivity contribution in [3.63, 3.8) is 0 Å². The van der Waals surface area contributed by atoms with Crippen molar-refractivity contribution in [2.24, 2.45) is 0 Å². The van der Waals surface area contributed by atoms with Crippen molar-refractivity contribution in [2.45, 2.75) is 25.4 Å². The molecule has 18 heavy (non-hydrogen) atoms. The highest BCUT2D eigenvalue weighted by Crippen LogP contribution is 2.17. The van der Waals surface area contributed by atoms with Gasteiger partial charge in [0.25, 0.3) is 0 Å². The Morgan fingerprint density at radius 3 is 2.89 bits per heavy atom. The van der Waals surface area contributed by atoms with Crippen LogP contribution in [0.2, 0.25) is 0 Å². The van der Waals surface area contributed by atoms with E-state index in [4.69, 9.17) is 4.74 Å². The molecule has 0 spiro atoms. The summed E-state index contributed by atoms with van der Waals surface area (Å²) >= 11 is 0. The van der Waals surface area contributed by atoms with Crippen LogP contribution in [0.1, 0.15) is 18.4 Å². The van der Waals surface area contributed by atoms with Gasteiger partial charge >= 0.3 is 0 Å². The SMILES string of the molecule is COc1ccccc1CNC1CCC(=O)NC1=O. The van der Waals surface area contributed by atoms with Crippen LogP contribution in [0.5, 0.6) is 5.75 Å². The van der Waals surface area contributed by atoms with Gasteiger partial charge in [-0.1, -0.05) is 18.2 Å². The maximum atomic E-state index is 11.6. The second-order valence-corrected chi connectivity index (χ2v) is 4.20. The van der Waals surface area contributed by atoms with Crippen molar-refractivity contribution in [1.82, 2.24) is 10.6 Å². The third-order valence-electron chi connectivity index (χ3n) is 2.97. The summed E-state index contributed by atoms with van der Waals surface area (Å²) in [5, 5.41) is 5.46. The molecule has 96 valence electrons. The molecule has 1 atom stereocenters. The van der Waals surface area contributed by atoms with Gasteiger partial charge in [-0.3, -0.25) is 14.9 Å². The number of imide groups is 1. The molecule has 1 saturated heterocycles. The van der Waals surface area contributed by atoms with Crippen LogP contribution in [0.15, 0.2) is 24.3 Å². The highest BCUT2D eigenvalue weighted by molar-refractivity contribution is 6.00. The summed E-state index contributed by atoms with van der Waals surface area (Å²) in [7, 11) is 1.62. The molecule has 0 saturated carbocycles. The second-order valence-electron chi connectivity index (χ2n) is 4.20. The molecular formula is C13H16N2O3. The molecule has 1 aliphatic heterocycles. The van der Waals surface area contributed by atoms with Crippen LogP contribution in [0.3, 0.4) is 0 Å². The first-order valence-electron chi connectivity index (χ1n) is 5.89. The zero-order valence-electron chi connectivity index (χ0n) is 10.2. The number of nitrogens with one attached hydrogen (secondary N) is 2. The van der Waals surface area contributed by atoms with Gasteiger partial charge in [-0.15, -0.1) is 0 Å². The Kier molecular flexibility index (Phi) is 3.94. The van der Waals surface area contributed by atoms with Crippen molar-refractivity contribution in [3.8, 4) is 5.75 Å². The zero-order valence-corrected chi connectivity index (χ0v) is 10.2. The summed E-state index contributed by atoms with van der Waals surface area (Å²) in [6.07, 6.45) is 0.926. The van der Waals surface area contributed by atoms with Crippen LogP contribution in [-0.4, -0.2) is 25.0 Å². The van der Waals surface area contributed by atoms with Crippen LogP contribution >= 0.6 is 0 Å². The van der Waals surface area contributed by atoms with Crippen LogP contribution in [0.25, 0.3) is 0 Å². The first-order valence-corrected chi connectivity index (χ1v) is 5.89. The number of methoxy groups -OCH3 is 1. The van der Waals surface area contributed by atoms with E-state index < -0.39 is 0 Å². The Morgan fingerprint density at radius 1 is 1.39 bits per heavy atom. The van der Waals surface area contributed by atoms with Crippen molar-refractivity contribution in [1.29, 1.82) is 0 Å². The molecule has 5 nitrogen and oxygen atoms in total. The van der Waals surface area contributed by atoms with E-state index in [1.807, 2.05) is 24.3 Å². The minimum Gasteiger partial charge on any atom is -0.496 e. The number of carbonyl (C=O) groups is 2. The number of rotatable bonds is 4. The lowest BCUT2D eigenvalue weighted by molar-refractivity contribution is -0.134. The lowest BCUT2D eigenvalue weighted by Crippen LogP contribution is -2.50. The highest BCUT2D eigenvalue weighted by atomic mass is 16.5. The van der Waals surface area contributed by atoms with Gasteiger partial charge in [0.2, 0.25) is 11.8 Å². The van der Waals surface area contributed by atoms with Crippen LogP contribution in [0.4, 0.5) is 0 Å². The molecule has 0 radical (unpaired) electrons. The van der Waals surface area contributed by atoms with Crippen molar-refractivity contribution in [2.75, 3.05) is 7.11 Å². The Balaban J connectivity index is 1.95. The molecule has 5 heteroatoms. The van der Waals surface area contributed by atoms with Crippen molar-refractivity contribution >= 4 is 11.8 Å². The number of hydrogen-bond acceptors (Lipinski definition) is 4. The Bertz CT molecular complexity index is 459. The predicted molar refractivity (Wildman–Crippen MR) is 66.0 cm³/mol. The van der Waals surface area contributed by atoms with E-state index in [2.05, 4.69) is 10.6 Å². The number of para-hydroxylation sites is 1. The molecule has 0 bridgehead atoms. The Hall–Kier alpha value is -1.88. The zero-order chi connectivity index (χ0) is 13.0. The predicted octanol–water partition coefficient (Wildman–Crippen LogP) is 0.590. The highest BCUT2D eigenvalue weighted by Gasteiger charge is 2.25. The minimum absolute atomic E-state index is 0.199. The lowest BCUT2D eigenvalue weighted by Gasteiger charge is -2.22. The largest absolute Gasteiger partial charge is 0.496 e. The smallest absolute Gasteiger partial charge is 0.243 e. The monoisotopic (exact) mass is 248 g/mol. The molecule has 0 aromatic heterocycles. The number of amides is 2. The molecular weight excluding hydrogens is 232 g/mol. The molecule has 2 amide bonds. The summed E-state index contributed by atoms with van der Waals surface area (Å²) < 4.78 is 5.23. The number of carbonyl (C=O) groups excluding carboxylic acids is 2. The summed E-state index contributed by atoms with van der Waals surface area (Å²) in [6, 6.07) is 7.32. The van der Waals surface area contributed by atoms with Gasteiger partial charge in [0, 0.05) is 18.5 Å². The first-order chi connectivity index (χ1) is 8.70. The molecule has 1 aromatic rings. The molecule has 1 unspecified atom stereocenters. The molecule has 1 aromatic carbocycles. The van der Waals surface area contributed by atoms with Gasteiger partial charge in [0.15, 0.2) is 0 Å². The van der Waals surface area contributed by atoms with Crippen LogP contribution < -0.4 is 15.4 Å². The van der Waals surface area contributed by atoms with Gasteiger partial charge in [0.1, 0.15) is 5.75 Å². The maximum absolute atomic E-state index is 11.6. The third-order valence-corrected chi connectivity index (χ3v) is 2.97. The standard InChI is InChI=1S/C13H16N2O3/c1-18-11-5-3-2-4-9(11)8-14-10-6-7-12(16)15-13(10)17/h2-5,10,14H,6-8H2,1H3,(H,15,16,17). The number of ether oxygens (including phenoxy) is 1. The molecule has 2 rings (SSSR count). The third kappa shape index (κ3) is 2.87. The molecule has 1 aliphatic rings. The van der Waals surface area contributed by atoms with E-state index >= 15 is 0 Å². The van der Waals surface area contributed by atoms with E-state index in [-0.39, 0.29) is 17.9 Å². The summed E-state index contributed by atoms with van der Waals surface area (Å²) in [5.74, 6) is 0.341. The van der Waals surface area contributed by atoms with E-state index in [1.54, 1.807) is 7.11 Å².